The Bertz CT molecular complexity index is 1750. The van der Waals surface area contributed by atoms with Crippen molar-refractivity contribution in [3.8, 4) is 0 Å². The molecule has 0 aromatic heterocycles. The molecule has 0 radical (unpaired) electrons. The molecule has 5 heteroatoms. The summed E-state index contributed by atoms with van der Waals surface area (Å²) >= 11 is 0. The van der Waals surface area contributed by atoms with Gasteiger partial charge in [0.25, 0.3) is 0 Å². The van der Waals surface area contributed by atoms with Crippen LogP contribution in [0.15, 0.2) is 85.0 Å². The second-order valence-corrected chi connectivity index (χ2v) is 21.5. The molecule has 6 aliphatic rings. The zero-order valence-electron chi connectivity index (χ0n) is 38.9. The lowest BCUT2D eigenvalue weighted by molar-refractivity contribution is 0.00998. The largest absolute Gasteiger partial charge is 0.380 e. The van der Waals surface area contributed by atoms with Crippen LogP contribution in [0.2, 0.25) is 0 Å². The van der Waals surface area contributed by atoms with Crippen molar-refractivity contribution in [1.29, 1.82) is 0 Å². The minimum absolute atomic E-state index is 0.0359. The van der Waals surface area contributed by atoms with E-state index in [1.165, 1.54) is 153 Å². The van der Waals surface area contributed by atoms with E-state index >= 15 is 8.78 Å². The highest BCUT2D eigenvalue weighted by Crippen LogP contribution is 2.63. The molecule has 344 valence electrons. The first-order chi connectivity index (χ1) is 30.7. The van der Waals surface area contributed by atoms with Crippen LogP contribution in [0.5, 0.6) is 0 Å². The van der Waals surface area contributed by atoms with Crippen molar-refractivity contribution in [3.05, 3.63) is 119 Å². The molecule has 0 bridgehead atoms. The fourth-order valence-electron chi connectivity index (χ4n) is 14.7. The fourth-order valence-corrected chi connectivity index (χ4v) is 14.7. The monoisotopic (exact) mass is 867 g/mol. The molecule has 4 saturated carbocycles. The molecule has 0 aliphatic heterocycles. The Balaban J connectivity index is 0.999. The topological polar surface area (TPSA) is 9.23 Å². The average Bonchev–Trinajstić information content (AvgIpc) is 3.33. The predicted octanol–water partition coefficient (Wildman–Crippen LogP) is 16.8. The summed E-state index contributed by atoms with van der Waals surface area (Å²) in [6.45, 7) is 5.65. The van der Waals surface area contributed by atoms with Crippen molar-refractivity contribution in [2.45, 2.75) is 179 Å². The van der Waals surface area contributed by atoms with Gasteiger partial charge in [-0.1, -0.05) is 177 Å². The van der Waals surface area contributed by atoms with E-state index in [-0.39, 0.29) is 22.7 Å². The molecular weight excluding hydrogens is 789 g/mol. The van der Waals surface area contributed by atoms with Crippen LogP contribution in [-0.2, 0) is 15.6 Å². The van der Waals surface area contributed by atoms with Crippen molar-refractivity contribution in [3.63, 3.8) is 0 Å². The van der Waals surface area contributed by atoms with Gasteiger partial charge in [-0.3, -0.25) is 0 Å². The highest BCUT2D eigenvalue weighted by atomic mass is 19.2. The maximum Gasteiger partial charge on any atom is 0.159 e. The van der Waals surface area contributed by atoms with Gasteiger partial charge in [-0.25, -0.2) is 17.6 Å². The Morgan fingerprint density at radius 3 is 1.17 bits per heavy atom. The Kier molecular flexibility index (Phi) is 15.3. The van der Waals surface area contributed by atoms with Crippen molar-refractivity contribution >= 4 is 0 Å². The summed E-state index contributed by atoms with van der Waals surface area (Å²) in [6, 6.07) is 9.35. The quantitative estimate of drug-likeness (QED) is 0.121. The molecular formula is C58H78F4O. The third-order valence-corrected chi connectivity index (χ3v) is 18.2. The standard InChI is InChI=1S/C58H78F4O/c1-3-5-13-43-15-19-47(20-16-43)55(31-9-7-10-32-55)57(49-23-25-51(59)53(61)39-49)35-27-45(28-36-57)41-63-42-46-29-37-58(38-30-46,50-24-26-52(60)54(62)40-50)56(33-11-8-12-34-56)48-21-17-44(18-22-48)14-6-4-2/h23-30,35-40,43-48H,3-22,31-34,41-42H2,1-2H3. The molecule has 0 heterocycles. The van der Waals surface area contributed by atoms with E-state index in [0.29, 0.717) is 25.0 Å². The normalized spacial score (nSPS) is 32.8. The zero-order valence-corrected chi connectivity index (χ0v) is 38.9. The third kappa shape index (κ3) is 9.40. The van der Waals surface area contributed by atoms with Crippen LogP contribution in [0.25, 0.3) is 0 Å². The van der Waals surface area contributed by atoms with Crippen LogP contribution < -0.4 is 0 Å². The molecule has 6 aliphatic carbocycles. The van der Waals surface area contributed by atoms with E-state index in [4.69, 9.17) is 4.74 Å². The minimum Gasteiger partial charge on any atom is -0.380 e. The number of hydrogen-bond acceptors (Lipinski definition) is 1. The first-order valence-electron chi connectivity index (χ1n) is 25.9. The average molecular weight is 867 g/mol. The van der Waals surface area contributed by atoms with Gasteiger partial charge in [-0.05, 0) is 121 Å². The molecule has 8 rings (SSSR count). The van der Waals surface area contributed by atoms with Crippen LogP contribution >= 0.6 is 0 Å². The first kappa shape index (κ1) is 46.6. The lowest BCUT2D eigenvalue weighted by Gasteiger charge is -2.57. The fraction of sp³-hybridized carbons (Fsp3) is 0.655. The van der Waals surface area contributed by atoms with Crippen LogP contribution in [-0.4, -0.2) is 13.2 Å². The number of hydrogen-bond donors (Lipinski definition) is 0. The van der Waals surface area contributed by atoms with Crippen molar-refractivity contribution in [1.82, 2.24) is 0 Å². The van der Waals surface area contributed by atoms with Gasteiger partial charge in [0, 0.05) is 22.7 Å². The maximum absolute atomic E-state index is 15.2. The van der Waals surface area contributed by atoms with Crippen molar-refractivity contribution < 1.29 is 22.3 Å². The molecule has 1 nitrogen and oxygen atoms in total. The zero-order chi connectivity index (χ0) is 43.9. The Morgan fingerprint density at radius 1 is 0.476 bits per heavy atom. The molecule has 4 fully saturated rings. The molecule has 2 aromatic carbocycles. The van der Waals surface area contributed by atoms with Crippen LogP contribution in [0.1, 0.15) is 179 Å². The molecule has 2 aromatic rings. The summed E-state index contributed by atoms with van der Waals surface area (Å²) in [7, 11) is 0. The van der Waals surface area contributed by atoms with Gasteiger partial charge in [0.1, 0.15) is 0 Å². The molecule has 0 spiro atoms. The minimum atomic E-state index is -0.787. The third-order valence-electron chi connectivity index (χ3n) is 18.2. The van der Waals surface area contributed by atoms with Crippen LogP contribution in [0.4, 0.5) is 17.6 Å². The summed E-state index contributed by atoms with van der Waals surface area (Å²) in [5, 5.41) is 0. The van der Waals surface area contributed by atoms with Gasteiger partial charge < -0.3 is 4.74 Å². The van der Waals surface area contributed by atoms with E-state index in [0.717, 1.165) is 48.6 Å². The van der Waals surface area contributed by atoms with Crippen molar-refractivity contribution in [2.24, 2.45) is 46.3 Å². The second kappa shape index (κ2) is 20.7. The van der Waals surface area contributed by atoms with Gasteiger partial charge in [0.2, 0.25) is 0 Å². The lowest BCUT2D eigenvalue weighted by atomic mass is 9.46. The lowest BCUT2D eigenvalue weighted by Crippen LogP contribution is -2.51. The van der Waals surface area contributed by atoms with Crippen LogP contribution in [0, 0.1) is 69.6 Å². The summed E-state index contributed by atoms with van der Waals surface area (Å²) < 4.78 is 66.0. The highest BCUT2D eigenvalue weighted by Gasteiger charge is 2.56. The van der Waals surface area contributed by atoms with Gasteiger partial charge in [0.15, 0.2) is 23.3 Å². The molecule has 0 N–H and O–H groups in total. The first-order valence-corrected chi connectivity index (χ1v) is 25.9. The summed E-state index contributed by atoms with van der Waals surface area (Å²) in [5.74, 6) is -0.247. The molecule has 0 unspecified atom stereocenters. The predicted molar refractivity (Wildman–Crippen MR) is 251 cm³/mol. The summed E-state index contributed by atoms with van der Waals surface area (Å²) in [5.41, 5.74) is 0.691. The van der Waals surface area contributed by atoms with Crippen LogP contribution in [0.3, 0.4) is 0 Å². The number of ether oxygens (including phenoxy) is 1. The van der Waals surface area contributed by atoms with E-state index in [2.05, 4.69) is 62.5 Å². The summed E-state index contributed by atoms with van der Waals surface area (Å²) in [4.78, 5) is 0. The van der Waals surface area contributed by atoms with Gasteiger partial charge in [-0.15, -0.1) is 0 Å². The van der Waals surface area contributed by atoms with Gasteiger partial charge >= 0.3 is 0 Å². The number of unbranched alkanes of at least 4 members (excludes halogenated alkanes) is 2. The van der Waals surface area contributed by atoms with E-state index < -0.39 is 34.1 Å². The Hall–Kier alpha value is -2.92. The highest BCUT2D eigenvalue weighted by molar-refractivity contribution is 5.46. The number of halogens is 4. The molecule has 0 saturated heterocycles. The Labute approximate surface area is 378 Å². The van der Waals surface area contributed by atoms with Gasteiger partial charge in [0.05, 0.1) is 13.2 Å². The molecule has 63 heavy (non-hydrogen) atoms. The number of rotatable bonds is 16. The molecule has 0 atom stereocenters. The van der Waals surface area contributed by atoms with Gasteiger partial charge in [-0.2, -0.15) is 0 Å². The smallest absolute Gasteiger partial charge is 0.159 e. The summed E-state index contributed by atoms with van der Waals surface area (Å²) in [6.07, 6.45) is 48.1. The number of allylic oxidation sites excluding steroid dienone is 4. The SMILES string of the molecule is CCCCC1CCC(C2(C3(c4ccc(F)c(F)c4)C=CC(COCC4C=CC(c5ccc(F)c(F)c5)(C5(C6CCC(CCCC)CC6)CCCCC5)C=C4)C=C3)CCCCC2)CC1. The van der Waals surface area contributed by atoms with Crippen molar-refractivity contribution in [2.75, 3.05) is 13.2 Å². The van der Waals surface area contributed by atoms with E-state index in [9.17, 15) is 8.78 Å². The maximum atomic E-state index is 15.2. The second-order valence-electron chi connectivity index (χ2n) is 21.5. The number of benzene rings is 2. The van der Waals surface area contributed by atoms with E-state index in [1.54, 1.807) is 0 Å². The molecule has 0 amide bonds. The van der Waals surface area contributed by atoms with E-state index in [1.807, 2.05) is 12.1 Å². The Morgan fingerprint density at radius 2 is 0.841 bits per heavy atom.